The van der Waals surface area contributed by atoms with Gasteiger partial charge in [0.2, 0.25) is 5.56 Å². The fourth-order valence-electron chi connectivity index (χ4n) is 2.47. The summed E-state index contributed by atoms with van der Waals surface area (Å²) in [6, 6.07) is 8.08. The van der Waals surface area contributed by atoms with Crippen LogP contribution in [0.25, 0.3) is 10.9 Å². The van der Waals surface area contributed by atoms with Gasteiger partial charge in [0.15, 0.2) is 0 Å². The van der Waals surface area contributed by atoms with Gasteiger partial charge in [0.1, 0.15) is 0 Å². The van der Waals surface area contributed by atoms with Crippen molar-refractivity contribution in [3.63, 3.8) is 0 Å². The molecular weight excluding hydrogens is 226 g/mol. The Bertz CT molecular complexity index is 608. The van der Waals surface area contributed by atoms with Gasteiger partial charge in [-0.15, -0.1) is 0 Å². The fourth-order valence-corrected chi connectivity index (χ4v) is 4.43. The lowest BCUT2D eigenvalue weighted by Gasteiger charge is -2.20. The van der Waals surface area contributed by atoms with Crippen molar-refractivity contribution in [2.75, 3.05) is 0 Å². The number of para-hydroxylation sites is 1. The Morgan fingerprint density at radius 1 is 1.18 bits per heavy atom. The highest BCUT2D eigenvalue weighted by Gasteiger charge is 2.24. The summed E-state index contributed by atoms with van der Waals surface area (Å²) >= 11 is 0. The van der Waals surface area contributed by atoms with Crippen molar-refractivity contribution in [3.05, 3.63) is 40.2 Å². The van der Waals surface area contributed by atoms with Gasteiger partial charge in [-0.2, -0.15) is 0 Å². The number of pyridine rings is 1. The van der Waals surface area contributed by atoms with Crippen molar-refractivity contribution in [3.8, 4) is 0 Å². The zero-order chi connectivity index (χ0) is 12.6. The number of benzene rings is 1. The second-order valence-corrected chi connectivity index (χ2v) is 10.5. The number of rotatable bonds is 2. The number of aryl methyl sites for hydroxylation is 1. The van der Waals surface area contributed by atoms with E-state index in [1.165, 1.54) is 10.9 Å². The van der Waals surface area contributed by atoms with Crippen molar-refractivity contribution in [2.24, 2.45) is 0 Å². The van der Waals surface area contributed by atoms with E-state index in [9.17, 15) is 4.79 Å². The maximum Gasteiger partial charge on any atom is 0.247 e. The minimum atomic E-state index is -1.60. The van der Waals surface area contributed by atoms with Crippen molar-refractivity contribution in [1.82, 2.24) is 4.98 Å². The summed E-state index contributed by atoms with van der Waals surface area (Å²) in [5, 5.41) is 2.26. The highest BCUT2D eigenvalue weighted by atomic mass is 28.3. The molecule has 17 heavy (non-hydrogen) atoms. The van der Waals surface area contributed by atoms with Crippen molar-refractivity contribution < 1.29 is 0 Å². The number of aromatic amines is 1. The van der Waals surface area contributed by atoms with Gasteiger partial charge in [-0.25, -0.2) is 0 Å². The minimum absolute atomic E-state index is 0.111. The molecule has 1 N–H and O–H groups in total. The second-order valence-electron chi connectivity index (χ2n) is 5.46. The van der Waals surface area contributed by atoms with Crippen LogP contribution in [0.15, 0.2) is 29.1 Å². The Balaban J connectivity index is 2.94. The zero-order valence-electron chi connectivity index (χ0n) is 10.9. The Morgan fingerprint density at radius 2 is 1.82 bits per heavy atom. The van der Waals surface area contributed by atoms with Crippen molar-refractivity contribution >= 4 is 24.2 Å². The second kappa shape index (κ2) is 4.15. The standard InChI is InChI=1S/C14H19NOSi/c1-5-10-11-8-6-7-9-12(11)15-14(16)13(10)17(2,3)4/h6-9H,5H2,1-4H3,(H,15,16). The van der Waals surface area contributed by atoms with Gasteiger partial charge < -0.3 is 4.98 Å². The first-order chi connectivity index (χ1) is 7.95. The molecule has 3 heteroatoms. The van der Waals surface area contributed by atoms with Gasteiger partial charge in [0.05, 0.1) is 8.07 Å². The van der Waals surface area contributed by atoms with E-state index in [1.807, 2.05) is 18.2 Å². The molecular formula is C14H19NOSi. The number of aromatic nitrogens is 1. The summed E-state index contributed by atoms with van der Waals surface area (Å²) < 4.78 is 0. The maximum atomic E-state index is 12.2. The van der Waals surface area contributed by atoms with E-state index in [1.54, 1.807) is 0 Å². The fraction of sp³-hybridized carbons (Fsp3) is 0.357. The highest BCUT2D eigenvalue weighted by molar-refractivity contribution is 6.89. The van der Waals surface area contributed by atoms with E-state index in [4.69, 9.17) is 0 Å². The molecule has 1 heterocycles. The maximum absolute atomic E-state index is 12.2. The van der Waals surface area contributed by atoms with E-state index in [-0.39, 0.29) is 5.56 Å². The van der Waals surface area contributed by atoms with Crippen LogP contribution in [0.3, 0.4) is 0 Å². The molecule has 1 aromatic heterocycles. The normalized spacial score (nSPS) is 12.0. The number of hydrogen-bond acceptors (Lipinski definition) is 1. The van der Waals surface area contributed by atoms with Crippen LogP contribution < -0.4 is 10.7 Å². The molecule has 2 aromatic rings. The van der Waals surface area contributed by atoms with Crippen LogP contribution >= 0.6 is 0 Å². The van der Waals surface area contributed by atoms with Crippen molar-refractivity contribution in [2.45, 2.75) is 33.0 Å². The molecule has 0 aliphatic rings. The van der Waals surface area contributed by atoms with Crippen LogP contribution in [-0.2, 0) is 6.42 Å². The average molecular weight is 245 g/mol. The Labute approximate surface area is 103 Å². The highest BCUT2D eigenvalue weighted by Crippen LogP contribution is 2.16. The predicted molar refractivity (Wildman–Crippen MR) is 76.9 cm³/mol. The SMILES string of the molecule is CCc1c([Si](C)(C)C)c(=O)[nH]c2ccccc12. The minimum Gasteiger partial charge on any atom is -0.322 e. The summed E-state index contributed by atoms with van der Waals surface area (Å²) in [6.45, 7) is 8.81. The third kappa shape index (κ3) is 2.07. The molecule has 0 saturated heterocycles. The quantitative estimate of drug-likeness (QED) is 0.811. The monoisotopic (exact) mass is 245 g/mol. The molecule has 0 spiro atoms. The predicted octanol–water partition coefficient (Wildman–Crippen LogP) is 2.64. The smallest absolute Gasteiger partial charge is 0.247 e. The molecule has 0 radical (unpaired) electrons. The van der Waals surface area contributed by atoms with Crippen LogP contribution in [0.4, 0.5) is 0 Å². The Morgan fingerprint density at radius 3 is 2.41 bits per heavy atom. The molecule has 0 saturated carbocycles. The topological polar surface area (TPSA) is 32.9 Å². The van der Waals surface area contributed by atoms with E-state index >= 15 is 0 Å². The van der Waals surface area contributed by atoms with Gasteiger partial charge in [-0.3, -0.25) is 4.79 Å². The first-order valence-electron chi connectivity index (χ1n) is 6.09. The lowest BCUT2D eigenvalue weighted by atomic mass is 10.1. The zero-order valence-corrected chi connectivity index (χ0v) is 11.9. The average Bonchev–Trinajstić information content (AvgIpc) is 2.25. The lowest BCUT2D eigenvalue weighted by molar-refractivity contribution is 1.15. The molecule has 0 fully saturated rings. The first kappa shape index (κ1) is 12.1. The molecule has 0 bridgehead atoms. The molecule has 0 aliphatic heterocycles. The first-order valence-corrected chi connectivity index (χ1v) is 9.59. The molecule has 0 unspecified atom stereocenters. The number of hydrogen-bond donors (Lipinski definition) is 1. The third-order valence-corrected chi connectivity index (χ3v) is 5.16. The van der Waals surface area contributed by atoms with Crippen LogP contribution in [0.2, 0.25) is 19.6 Å². The van der Waals surface area contributed by atoms with E-state index < -0.39 is 8.07 Å². The molecule has 2 rings (SSSR count). The van der Waals surface area contributed by atoms with Crippen molar-refractivity contribution in [1.29, 1.82) is 0 Å². The number of H-pyrrole nitrogens is 1. The van der Waals surface area contributed by atoms with Crippen LogP contribution in [0.5, 0.6) is 0 Å². The molecule has 2 nitrogen and oxygen atoms in total. The van der Waals surface area contributed by atoms with Gasteiger partial charge in [-0.05, 0) is 18.1 Å². The molecule has 1 aromatic carbocycles. The Kier molecular flexibility index (Phi) is 2.95. The molecule has 0 amide bonds. The summed E-state index contributed by atoms with van der Waals surface area (Å²) in [5.41, 5.74) is 2.31. The lowest BCUT2D eigenvalue weighted by Crippen LogP contribution is -2.50. The van der Waals surface area contributed by atoms with Gasteiger partial charge in [-0.1, -0.05) is 44.8 Å². The summed E-state index contributed by atoms with van der Waals surface area (Å²) in [5.74, 6) is 0. The van der Waals surface area contributed by atoms with E-state index in [2.05, 4.69) is 37.6 Å². The molecule has 0 atom stereocenters. The van der Waals surface area contributed by atoms with Gasteiger partial charge >= 0.3 is 0 Å². The number of nitrogens with one attached hydrogen (secondary N) is 1. The van der Waals surface area contributed by atoms with E-state index in [0.29, 0.717) is 0 Å². The largest absolute Gasteiger partial charge is 0.322 e. The van der Waals surface area contributed by atoms with Gasteiger partial charge in [0.25, 0.3) is 0 Å². The van der Waals surface area contributed by atoms with E-state index in [0.717, 1.165) is 17.1 Å². The van der Waals surface area contributed by atoms with Crippen LogP contribution in [0.1, 0.15) is 12.5 Å². The van der Waals surface area contributed by atoms with Gasteiger partial charge in [0, 0.05) is 16.1 Å². The van der Waals surface area contributed by atoms with Crippen LogP contribution in [-0.4, -0.2) is 13.1 Å². The molecule has 90 valence electrons. The Hall–Kier alpha value is -1.35. The summed E-state index contributed by atoms with van der Waals surface area (Å²) in [6.07, 6.45) is 0.921. The summed E-state index contributed by atoms with van der Waals surface area (Å²) in [4.78, 5) is 15.3. The number of fused-ring (bicyclic) bond motifs is 1. The molecule has 0 aliphatic carbocycles. The third-order valence-electron chi connectivity index (χ3n) is 3.13. The summed E-state index contributed by atoms with van der Waals surface area (Å²) in [7, 11) is -1.60. The van der Waals surface area contributed by atoms with Crippen LogP contribution in [0, 0.1) is 0 Å².